The second kappa shape index (κ2) is 6.37. The first kappa shape index (κ1) is 13.7. The highest BCUT2D eigenvalue weighted by Gasteiger charge is 2.24. The Balaban J connectivity index is 2.80. The van der Waals surface area contributed by atoms with Gasteiger partial charge in [0, 0.05) is 9.35 Å². The van der Waals surface area contributed by atoms with E-state index in [1.54, 1.807) is 11.3 Å². The number of nitrogens with one attached hydrogen (secondary N) is 1. The number of hydrogen-bond acceptors (Lipinski definition) is 4. The molecule has 1 rings (SSSR count). The van der Waals surface area contributed by atoms with E-state index >= 15 is 0 Å². The first-order chi connectivity index (χ1) is 7.56. The maximum absolute atomic E-state index is 11.7. The third-order valence-corrected chi connectivity index (χ3v) is 4.01. The Bertz CT molecular complexity index is 352. The van der Waals surface area contributed by atoms with E-state index < -0.39 is 0 Å². The number of carbonyl (C=O) groups is 1. The number of halogens is 1. The first-order valence-electron chi connectivity index (χ1n) is 5.10. The normalized spacial score (nSPS) is 12.8. The molecule has 0 aliphatic heterocycles. The predicted molar refractivity (Wildman–Crippen MR) is 69.6 cm³/mol. The van der Waals surface area contributed by atoms with Crippen LogP contribution in [0.1, 0.15) is 24.8 Å². The van der Waals surface area contributed by atoms with Crippen LogP contribution in [0.4, 0.5) is 0 Å². The summed E-state index contributed by atoms with van der Waals surface area (Å²) in [5, 5.41) is 5.17. The Morgan fingerprint density at radius 2 is 2.31 bits per heavy atom. The summed E-state index contributed by atoms with van der Waals surface area (Å²) >= 11 is 4.98. The van der Waals surface area contributed by atoms with Crippen molar-refractivity contribution < 1.29 is 9.53 Å². The van der Waals surface area contributed by atoms with Crippen LogP contribution in [0.15, 0.2) is 15.9 Å². The van der Waals surface area contributed by atoms with Crippen molar-refractivity contribution in [3.63, 3.8) is 0 Å². The fraction of sp³-hybridized carbons (Fsp3) is 0.545. The summed E-state index contributed by atoms with van der Waals surface area (Å²) in [5.41, 5.74) is 0. The first-order valence-corrected chi connectivity index (χ1v) is 6.77. The molecule has 0 saturated heterocycles. The number of thiophene rings is 1. The largest absolute Gasteiger partial charge is 0.468 e. The van der Waals surface area contributed by atoms with Gasteiger partial charge in [-0.25, -0.2) is 4.79 Å². The molecule has 90 valence electrons. The van der Waals surface area contributed by atoms with E-state index in [2.05, 4.69) is 35.1 Å². The summed E-state index contributed by atoms with van der Waals surface area (Å²) in [6.07, 6.45) is 0. The third kappa shape index (κ3) is 3.57. The lowest BCUT2D eigenvalue weighted by Gasteiger charge is -2.17. The van der Waals surface area contributed by atoms with Gasteiger partial charge in [0.2, 0.25) is 0 Å². The molecule has 0 saturated carbocycles. The molecular weight excluding hydrogens is 290 g/mol. The van der Waals surface area contributed by atoms with Gasteiger partial charge in [0.15, 0.2) is 0 Å². The molecule has 1 heterocycles. The highest BCUT2D eigenvalue weighted by molar-refractivity contribution is 9.10. The van der Waals surface area contributed by atoms with Crippen LogP contribution >= 0.6 is 27.3 Å². The molecule has 0 fully saturated rings. The number of hydrogen-bond donors (Lipinski definition) is 1. The predicted octanol–water partition coefficient (Wildman–Crippen LogP) is 2.97. The standard InChI is InChI=1S/C11H16BrNO2S/c1-7(2)6-13-9(11(14)15-3)10-8(12)4-5-16-10/h4-5,7,9,13H,6H2,1-3H3. The van der Waals surface area contributed by atoms with Crippen molar-refractivity contribution in [2.24, 2.45) is 5.92 Å². The summed E-state index contributed by atoms with van der Waals surface area (Å²) in [4.78, 5) is 12.6. The molecule has 0 amide bonds. The summed E-state index contributed by atoms with van der Waals surface area (Å²) in [5.74, 6) is 0.245. The fourth-order valence-electron chi connectivity index (χ4n) is 1.27. The van der Waals surface area contributed by atoms with Gasteiger partial charge in [0.25, 0.3) is 0 Å². The van der Waals surface area contributed by atoms with Crippen molar-refractivity contribution in [2.45, 2.75) is 19.9 Å². The Morgan fingerprint density at radius 1 is 1.62 bits per heavy atom. The zero-order valence-electron chi connectivity index (χ0n) is 9.62. The zero-order valence-corrected chi connectivity index (χ0v) is 12.0. The van der Waals surface area contributed by atoms with Crippen LogP contribution in [0, 0.1) is 5.92 Å². The van der Waals surface area contributed by atoms with Crippen LogP contribution in [0.3, 0.4) is 0 Å². The lowest BCUT2D eigenvalue weighted by atomic mass is 10.2. The molecule has 0 aliphatic rings. The number of esters is 1. The average molecular weight is 306 g/mol. The van der Waals surface area contributed by atoms with Crippen molar-refractivity contribution in [2.75, 3.05) is 13.7 Å². The molecule has 0 spiro atoms. The van der Waals surface area contributed by atoms with Gasteiger partial charge in [-0.2, -0.15) is 0 Å². The second-order valence-corrected chi connectivity index (χ2v) is 5.69. The third-order valence-electron chi connectivity index (χ3n) is 2.07. The summed E-state index contributed by atoms with van der Waals surface area (Å²) in [7, 11) is 1.41. The van der Waals surface area contributed by atoms with Crippen molar-refractivity contribution >= 4 is 33.2 Å². The lowest BCUT2D eigenvalue weighted by molar-refractivity contribution is -0.143. The van der Waals surface area contributed by atoms with E-state index in [1.807, 2.05) is 11.4 Å². The van der Waals surface area contributed by atoms with Crippen LogP contribution in [-0.4, -0.2) is 19.6 Å². The van der Waals surface area contributed by atoms with Crippen molar-refractivity contribution in [1.29, 1.82) is 0 Å². The summed E-state index contributed by atoms with van der Waals surface area (Å²) < 4.78 is 5.76. The monoisotopic (exact) mass is 305 g/mol. The molecule has 0 aliphatic carbocycles. The molecule has 0 bridgehead atoms. The topological polar surface area (TPSA) is 38.3 Å². The van der Waals surface area contributed by atoms with Gasteiger partial charge in [0.05, 0.1) is 7.11 Å². The molecule has 5 heteroatoms. The van der Waals surface area contributed by atoms with Gasteiger partial charge < -0.3 is 4.74 Å². The van der Waals surface area contributed by atoms with E-state index in [0.717, 1.165) is 15.9 Å². The van der Waals surface area contributed by atoms with Gasteiger partial charge in [0.1, 0.15) is 6.04 Å². The van der Waals surface area contributed by atoms with Crippen molar-refractivity contribution in [3.8, 4) is 0 Å². The van der Waals surface area contributed by atoms with Gasteiger partial charge in [-0.05, 0) is 39.8 Å². The summed E-state index contributed by atoms with van der Waals surface area (Å²) in [6.45, 7) is 4.99. The molecule has 1 atom stereocenters. The Morgan fingerprint density at radius 3 is 2.75 bits per heavy atom. The average Bonchev–Trinajstić information content (AvgIpc) is 2.64. The maximum Gasteiger partial charge on any atom is 0.328 e. The number of carbonyl (C=O) groups excluding carboxylic acids is 1. The number of ether oxygens (including phenoxy) is 1. The Hall–Kier alpha value is -0.390. The minimum absolute atomic E-state index is 0.246. The number of methoxy groups -OCH3 is 1. The van der Waals surface area contributed by atoms with Gasteiger partial charge in [-0.1, -0.05) is 13.8 Å². The number of rotatable bonds is 5. The van der Waals surface area contributed by atoms with E-state index in [9.17, 15) is 4.79 Å². The molecule has 0 radical (unpaired) electrons. The van der Waals surface area contributed by atoms with E-state index in [4.69, 9.17) is 4.74 Å². The minimum Gasteiger partial charge on any atom is -0.468 e. The van der Waals surface area contributed by atoms with Gasteiger partial charge in [-0.3, -0.25) is 5.32 Å². The van der Waals surface area contributed by atoms with Crippen LogP contribution in [-0.2, 0) is 9.53 Å². The highest BCUT2D eigenvalue weighted by Crippen LogP contribution is 2.29. The van der Waals surface area contributed by atoms with Crippen LogP contribution < -0.4 is 5.32 Å². The van der Waals surface area contributed by atoms with Crippen LogP contribution in [0.5, 0.6) is 0 Å². The molecule has 0 aromatic carbocycles. The van der Waals surface area contributed by atoms with Crippen molar-refractivity contribution in [1.82, 2.24) is 5.32 Å². The van der Waals surface area contributed by atoms with Crippen molar-refractivity contribution in [3.05, 3.63) is 20.8 Å². The van der Waals surface area contributed by atoms with E-state index in [1.165, 1.54) is 7.11 Å². The highest BCUT2D eigenvalue weighted by atomic mass is 79.9. The molecule has 16 heavy (non-hydrogen) atoms. The second-order valence-electron chi connectivity index (χ2n) is 3.89. The van der Waals surface area contributed by atoms with E-state index in [-0.39, 0.29) is 12.0 Å². The zero-order chi connectivity index (χ0) is 12.1. The quantitative estimate of drug-likeness (QED) is 0.850. The maximum atomic E-state index is 11.7. The molecule has 1 N–H and O–H groups in total. The Labute approximate surface area is 108 Å². The molecule has 1 unspecified atom stereocenters. The smallest absolute Gasteiger partial charge is 0.328 e. The summed E-state index contributed by atoms with van der Waals surface area (Å²) in [6, 6.07) is 1.56. The van der Waals surface area contributed by atoms with Gasteiger partial charge >= 0.3 is 5.97 Å². The molecule has 3 nitrogen and oxygen atoms in total. The molecular formula is C11H16BrNO2S. The van der Waals surface area contributed by atoms with Crippen LogP contribution in [0.2, 0.25) is 0 Å². The lowest BCUT2D eigenvalue weighted by Crippen LogP contribution is -2.31. The SMILES string of the molecule is COC(=O)C(NCC(C)C)c1sccc1Br. The van der Waals surface area contributed by atoms with E-state index in [0.29, 0.717) is 5.92 Å². The molecule has 1 aromatic heterocycles. The Kier molecular flexibility index (Phi) is 5.44. The van der Waals surface area contributed by atoms with Crippen LogP contribution in [0.25, 0.3) is 0 Å². The minimum atomic E-state index is -0.373. The van der Waals surface area contributed by atoms with Gasteiger partial charge in [-0.15, -0.1) is 11.3 Å². The molecule has 1 aromatic rings. The fourth-order valence-corrected chi connectivity index (χ4v) is 2.93.